The van der Waals surface area contributed by atoms with Gasteiger partial charge in [-0.1, -0.05) is 30.3 Å². The number of sulfonamides is 1. The number of para-hydroxylation sites is 2. The third-order valence-electron chi connectivity index (χ3n) is 3.74. The number of urea groups is 1. The van der Waals surface area contributed by atoms with Gasteiger partial charge in [-0.05, 0) is 31.2 Å². The number of hydrogen-bond acceptors (Lipinski definition) is 6. The molecule has 29 heavy (non-hydrogen) atoms. The van der Waals surface area contributed by atoms with Crippen LogP contribution in [0.3, 0.4) is 0 Å². The average molecular weight is 413 g/mol. The maximum atomic E-state index is 12.7. The second-order valence-electron chi connectivity index (χ2n) is 5.96. The van der Waals surface area contributed by atoms with Crippen LogP contribution in [0.15, 0.2) is 71.6 Å². The molecule has 2 amide bonds. The minimum Gasteiger partial charge on any atom is -0.497 e. The molecular weight excluding hydrogens is 394 g/mol. The molecule has 0 radical (unpaired) electrons. The Morgan fingerprint density at radius 1 is 0.966 bits per heavy atom. The lowest BCUT2D eigenvalue weighted by atomic mass is 10.3. The second-order valence-corrected chi connectivity index (χ2v) is 7.61. The highest BCUT2D eigenvalue weighted by Crippen LogP contribution is 2.28. The number of amides is 2. The van der Waals surface area contributed by atoms with Crippen molar-refractivity contribution in [1.82, 2.24) is 9.71 Å². The Morgan fingerprint density at radius 3 is 2.38 bits per heavy atom. The summed E-state index contributed by atoms with van der Waals surface area (Å²) >= 11 is 0. The van der Waals surface area contributed by atoms with E-state index in [4.69, 9.17) is 9.47 Å². The van der Waals surface area contributed by atoms with Gasteiger partial charge in [0.15, 0.2) is 0 Å². The van der Waals surface area contributed by atoms with E-state index in [2.05, 4.69) is 10.3 Å². The highest BCUT2D eigenvalue weighted by atomic mass is 32.2. The predicted molar refractivity (Wildman–Crippen MR) is 108 cm³/mol. The number of aromatic nitrogens is 1. The van der Waals surface area contributed by atoms with Crippen LogP contribution < -0.4 is 19.5 Å². The number of nitrogens with one attached hydrogen (secondary N) is 2. The maximum Gasteiger partial charge on any atom is 0.334 e. The Labute approximate surface area is 168 Å². The van der Waals surface area contributed by atoms with Crippen LogP contribution in [0.5, 0.6) is 17.2 Å². The second kappa shape index (κ2) is 8.61. The quantitative estimate of drug-likeness (QED) is 0.638. The average Bonchev–Trinajstić information content (AvgIpc) is 2.68. The van der Waals surface area contributed by atoms with Crippen molar-refractivity contribution >= 4 is 21.9 Å². The van der Waals surface area contributed by atoms with E-state index in [9.17, 15) is 13.2 Å². The SMILES string of the molecule is COc1cc(C)nc(NC(=O)NS(=O)(=O)c2ccccc2Oc2ccccc2)c1. The van der Waals surface area contributed by atoms with Crippen LogP contribution in [0, 0.1) is 6.92 Å². The van der Waals surface area contributed by atoms with Crippen molar-refractivity contribution in [3.8, 4) is 17.2 Å². The number of methoxy groups -OCH3 is 1. The zero-order chi connectivity index (χ0) is 20.9. The van der Waals surface area contributed by atoms with Gasteiger partial charge >= 0.3 is 6.03 Å². The Bertz CT molecular complexity index is 1120. The molecule has 150 valence electrons. The highest BCUT2D eigenvalue weighted by molar-refractivity contribution is 7.90. The number of aryl methyl sites for hydroxylation is 1. The predicted octanol–water partition coefficient (Wildman–Crippen LogP) is 3.70. The lowest BCUT2D eigenvalue weighted by Gasteiger charge is -2.13. The molecule has 3 rings (SSSR count). The van der Waals surface area contributed by atoms with E-state index in [-0.39, 0.29) is 16.5 Å². The van der Waals surface area contributed by atoms with Gasteiger partial charge in [0.25, 0.3) is 10.0 Å². The Hall–Kier alpha value is -3.59. The minimum atomic E-state index is -4.20. The fraction of sp³-hybridized carbons (Fsp3) is 0.100. The summed E-state index contributed by atoms with van der Waals surface area (Å²) < 4.78 is 38.2. The summed E-state index contributed by atoms with van der Waals surface area (Å²) in [6.45, 7) is 1.72. The van der Waals surface area contributed by atoms with Crippen LogP contribution in [0.4, 0.5) is 10.6 Å². The van der Waals surface area contributed by atoms with Gasteiger partial charge in [-0.25, -0.2) is 22.9 Å². The first-order chi connectivity index (χ1) is 13.9. The molecule has 1 heterocycles. The summed E-state index contributed by atoms with van der Waals surface area (Å²) in [5.74, 6) is 1.20. The lowest BCUT2D eigenvalue weighted by Crippen LogP contribution is -2.34. The molecule has 0 aliphatic rings. The molecule has 9 heteroatoms. The van der Waals surface area contributed by atoms with Crippen LogP contribution in [0.1, 0.15) is 5.69 Å². The van der Waals surface area contributed by atoms with Crippen molar-refractivity contribution in [3.05, 3.63) is 72.4 Å². The number of nitrogens with zero attached hydrogens (tertiary/aromatic N) is 1. The van der Waals surface area contributed by atoms with Crippen molar-refractivity contribution in [2.24, 2.45) is 0 Å². The minimum absolute atomic E-state index is 0.0920. The number of anilines is 1. The molecule has 3 aromatic rings. The van der Waals surface area contributed by atoms with Crippen molar-refractivity contribution in [1.29, 1.82) is 0 Å². The topological polar surface area (TPSA) is 107 Å². The first kappa shape index (κ1) is 20.2. The number of pyridine rings is 1. The van der Waals surface area contributed by atoms with Crippen molar-refractivity contribution in [2.75, 3.05) is 12.4 Å². The van der Waals surface area contributed by atoms with Gasteiger partial charge in [0, 0.05) is 17.8 Å². The summed E-state index contributed by atoms with van der Waals surface area (Å²) in [5.41, 5.74) is 0.601. The van der Waals surface area contributed by atoms with E-state index in [0.717, 1.165) is 0 Å². The first-order valence-electron chi connectivity index (χ1n) is 8.56. The Morgan fingerprint density at radius 2 is 1.66 bits per heavy atom. The van der Waals surface area contributed by atoms with E-state index in [1.165, 1.54) is 31.4 Å². The van der Waals surface area contributed by atoms with Gasteiger partial charge in [-0.3, -0.25) is 5.32 Å². The molecule has 0 fully saturated rings. The van der Waals surface area contributed by atoms with E-state index in [1.54, 1.807) is 43.3 Å². The zero-order valence-electron chi connectivity index (χ0n) is 15.7. The molecule has 0 unspecified atom stereocenters. The van der Waals surface area contributed by atoms with E-state index >= 15 is 0 Å². The van der Waals surface area contributed by atoms with E-state index < -0.39 is 16.1 Å². The molecule has 0 bridgehead atoms. The summed E-state index contributed by atoms with van der Waals surface area (Å²) in [4.78, 5) is 16.2. The number of rotatable bonds is 6. The monoisotopic (exact) mass is 413 g/mol. The smallest absolute Gasteiger partial charge is 0.334 e. The van der Waals surface area contributed by atoms with Crippen LogP contribution in [0.2, 0.25) is 0 Å². The van der Waals surface area contributed by atoms with Gasteiger partial charge in [-0.15, -0.1) is 0 Å². The fourth-order valence-corrected chi connectivity index (χ4v) is 3.55. The largest absolute Gasteiger partial charge is 0.497 e. The number of carbonyl (C=O) groups excluding carboxylic acids is 1. The number of ether oxygens (including phenoxy) is 2. The normalized spacial score (nSPS) is 10.8. The first-order valence-corrected chi connectivity index (χ1v) is 10.0. The van der Waals surface area contributed by atoms with Crippen molar-refractivity contribution in [3.63, 3.8) is 0 Å². The van der Waals surface area contributed by atoms with Crippen LogP contribution in [0.25, 0.3) is 0 Å². The zero-order valence-corrected chi connectivity index (χ0v) is 16.6. The Balaban J connectivity index is 1.79. The van der Waals surface area contributed by atoms with Gasteiger partial charge in [0.1, 0.15) is 28.0 Å². The molecule has 0 aliphatic heterocycles. The molecule has 1 aromatic heterocycles. The maximum absolute atomic E-state index is 12.7. The summed E-state index contributed by atoms with van der Waals surface area (Å²) in [6.07, 6.45) is 0. The molecule has 0 saturated carbocycles. The molecular formula is C20H19N3O5S. The highest BCUT2D eigenvalue weighted by Gasteiger charge is 2.22. The fourth-order valence-electron chi connectivity index (χ4n) is 2.51. The van der Waals surface area contributed by atoms with Gasteiger partial charge in [0.05, 0.1) is 7.11 Å². The van der Waals surface area contributed by atoms with Gasteiger partial charge < -0.3 is 9.47 Å². The van der Waals surface area contributed by atoms with Crippen LogP contribution >= 0.6 is 0 Å². The summed E-state index contributed by atoms with van der Waals surface area (Å²) in [6, 6.07) is 17.0. The molecule has 2 N–H and O–H groups in total. The molecule has 2 aromatic carbocycles. The third kappa shape index (κ3) is 5.23. The third-order valence-corrected chi connectivity index (χ3v) is 5.11. The van der Waals surface area contributed by atoms with Crippen LogP contribution in [-0.2, 0) is 10.0 Å². The number of hydrogen-bond donors (Lipinski definition) is 2. The number of carbonyl (C=O) groups is 1. The van der Waals surface area contributed by atoms with Crippen molar-refractivity contribution < 1.29 is 22.7 Å². The van der Waals surface area contributed by atoms with Gasteiger partial charge in [-0.2, -0.15) is 0 Å². The lowest BCUT2D eigenvalue weighted by molar-refractivity contribution is 0.256. The molecule has 0 aliphatic carbocycles. The summed E-state index contributed by atoms with van der Waals surface area (Å²) in [7, 11) is -2.72. The molecule has 0 spiro atoms. The van der Waals surface area contributed by atoms with E-state index in [1.807, 2.05) is 10.8 Å². The van der Waals surface area contributed by atoms with Crippen LogP contribution in [-0.4, -0.2) is 26.5 Å². The molecule has 0 atom stereocenters. The van der Waals surface area contributed by atoms with Crippen molar-refractivity contribution in [2.45, 2.75) is 11.8 Å². The standard InChI is InChI=1S/C20H19N3O5S/c1-14-12-16(27-2)13-19(21-14)22-20(24)23-29(25,26)18-11-7-6-10-17(18)28-15-8-4-3-5-9-15/h3-13H,1-2H3,(H2,21,22,23,24). The summed E-state index contributed by atoms with van der Waals surface area (Å²) in [5, 5.41) is 2.39. The van der Waals surface area contributed by atoms with Gasteiger partial charge in [0.2, 0.25) is 0 Å². The molecule has 8 nitrogen and oxygen atoms in total. The van der Waals surface area contributed by atoms with E-state index in [0.29, 0.717) is 17.2 Å². The number of benzene rings is 2. The Kier molecular flexibility index (Phi) is 5.99. The molecule has 0 saturated heterocycles.